The number of anilines is 1. The van der Waals surface area contributed by atoms with Crippen molar-refractivity contribution in [2.75, 3.05) is 11.9 Å². The summed E-state index contributed by atoms with van der Waals surface area (Å²) in [7, 11) is 0. The fourth-order valence-electron chi connectivity index (χ4n) is 3.85. The molecule has 9 nitrogen and oxygen atoms in total. The van der Waals surface area contributed by atoms with Crippen molar-refractivity contribution < 1.29 is 19.4 Å². The topological polar surface area (TPSA) is 119 Å². The van der Waals surface area contributed by atoms with E-state index < -0.39 is 11.7 Å². The highest BCUT2D eigenvalue weighted by atomic mass is 16.6. The molecule has 1 saturated carbocycles. The molecule has 1 aliphatic carbocycles. The van der Waals surface area contributed by atoms with Gasteiger partial charge in [0.15, 0.2) is 0 Å². The van der Waals surface area contributed by atoms with E-state index >= 15 is 0 Å². The average molecular weight is 415 g/mol. The van der Waals surface area contributed by atoms with Crippen molar-refractivity contribution in [2.45, 2.75) is 58.6 Å². The minimum absolute atomic E-state index is 0.102. The maximum absolute atomic E-state index is 13.0. The number of nitrogens with zero attached hydrogens (tertiary/aromatic N) is 4. The Labute approximate surface area is 175 Å². The van der Waals surface area contributed by atoms with Gasteiger partial charge in [-0.15, -0.1) is 0 Å². The molecule has 162 valence electrons. The third kappa shape index (κ3) is 5.02. The maximum atomic E-state index is 13.0. The van der Waals surface area contributed by atoms with Crippen LogP contribution in [0.1, 0.15) is 63.0 Å². The van der Waals surface area contributed by atoms with Gasteiger partial charge in [0.25, 0.3) is 0 Å². The zero-order chi connectivity index (χ0) is 21.9. The van der Waals surface area contributed by atoms with Gasteiger partial charge in [0.1, 0.15) is 23.4 Å². The Balaban J connectivity index is 1.76. The van der Waals surface area contributed by atoms with Crippen molar-refractivity contribution in [1.29, 1.82) is 0 Å². The van der Waals surface area contributed by atoms with Crippen LogP contribution in [-0.2, 0) is 4.74 Å². The first kappa shape index (κ1) is 21.9. The summed E-state index contributed by atoms with van der Waals surface area (Å²) < 4.78 is 6.27. The maximum Gasteiger partial charge on any atom is 0.435 e. The molecule has 0 bridgehead atoms. The number of aliphatic hydroxyl groups is 1. The first-order chi connectivity index (χ1) is 14.2. The Morgan fingerprint density at radius 1 is 1.30 bits per heavy atom. The highest BCUT2D eigenvalue weighted by Crippen LogP contribution is 2.35. The Morgan fingerprint density at radius 3 is 2.67 bits per heavy atom. The van der Waals surface area contributed by atoms with E-state index in [1.165, 1.54) is 24.8 Å². The second-order valence-corrected chi connectivity index (χ2v) is 8.66. The highest BCUT2D eigenvalue weighted by Gasteiger charge is 2.33. The lowest BCUT2D eigenvalue weighted by atomic mass is 9.95. The summed E-state index contributed by atoms with van der Waals surface area (Å²) in [6.07, 6.45) is 6.30. The van der Waals surface area contributed by atoms with E-state index in [0.29, 0.717) is 11.7 Å². The average Bonchev–Trinajstić information content (AvgIpc) is 3.33. The summed E-state index contributed by atoms with van der Waals surface area (Å²) in [5.41, 5.74) is -0.279. The molecule has 0 aliphatic heterocycles. The zero-order valence-corrected chi connectivity index (χ0v) is 17.8. The molecule has 9 heteroatoms. The Kier molecular flexibility index (Phi) is 6.50. The molecule has 3 rings (SSSR count). The van der Waals surface area contributed by atoms with Crippen LogP contribution in [0.4, 0.5) is 10.6 Å². The number of ether oxygens (including phenoxy) is 1. The first-order valence-corrected chi connectivity index (χ1v) is 10.2. The summed E-state index contributed by atoms with van der Waals surface area (Å²) in [4.78, 5) is 33.4. The molecule has 2 aromatic heterocycles. The van der Waals surface area contributed by atoms with Gasteiger partial charge in [-0.05, 0) is 51.5 Å². The fraction of sp³-hybridized carbons (Fsp3) is 0.571. The Morgan fingerprint density at radius 2 is 2.03 bits per heavy atom. The van der Waals surface area contributed by atoms with Gasteiger partial charge in [0.05, 0.1) is 5.56 Å². The highest BCUT2D eigenvalue weighted by molar-refractivity contribution is 6.10. The molecule has 30 heavy (non-hydrogen) atoms. The smallest absolute Gasteiger partial charge is 0.435 e. The van der Waals surface area contributed by atoms with Crippen LogP contribution in [0.15, 0.2) is 24.8 Å². The number of ketones is 1. The predicted molar refractivity (Wildman–Crippen MR) is 110 cm³/mol. The SMILES string of the molecule is CC[C@H]1C[C@H](Nc2ncncc2C(=O)c2ccn(C(=O)OC(C)(C)C)n2)C[C@@H]1CO. The monoisotopic (exact) mass is 415 g/mol. The number of carbonyl (C=O) groups is 2. The van der Waals surface area contributed by atoms with Gasteiger partial charge in [-0.3, -0.25) is 4.79 Å². The van der Waals surface area contributed by atoms with Crippen LogP contribution in [0.25, 0.3) is 0 Å². The number of aromatic nitrogens is 4. The largest absolute Gasteiger partial charge is 0.442 e. The second-order valence-electron chi connectivity index (χ2n) is 8.66. The molecule has 0 saturated heterocycles. The molecule has 2 aromatic rings. The van der Waals surface area contributed by atoms with E-state index in [1.54, 1.807) is 20.8 Å². The quantitative estimate of drug-likeness (QED) is 0.691. The van der Waals surface area contributed by atoms with E-state index in [4.69, 9.17) is 4.74 Å². The summed E-state index contributed by atoms with van der Waals surface area (Å²) in [5, 5.41) is 17.0. The van der Waals surface area contributed by atoms with Gasteiger partial charge < -0.3 is 15.2 Å². The van der Waals surface area contributed by atoms with Crippen molar-refractivity contribution in [2.24, 2.45) is 11.8 Å². The molecular formula is C21H29N5O4. The molecule has 0 unspecified atom stereocenters. The standard InChI is InChI=1S/C21H29N5O4/c1-5-13-8-15(9-14(13)11-27)24-19-16(10-22-12-23-19)18(28)17-6-7-26(25-17)20(29)30-21(2,3)4/h6-7,10,12-15,27H,5,8-9,11H2,1-4H3,(H,22,23,24)/t13-,14+,15-/m0/s1. The number of hydrogen-bond donors (Lipinski definition) is 2. The van der Waals surface area contributed by atoms with E-state index in [0.717, 1.165) is 23.9 Å². The van der Waals surface area contributed by atoms with Gasteiger partial charge >= 0.3 is 6.09 Å². The molecule has 0 amide bonds. The molecule has 3 atom stereocenters. The first-order valence-electron chi connectivity index (χ1n) is 10.2. The van der Waals surface area contributed by atoms with Crippen LogP contribution in [-0.4, -0.2) is 55.0 Å². The lowest BCUT2D eigenvalue weighted by Gasteiger charge is -2.18. The van der Waals surface area contributed by atoms with Gasteiger partial charge in [-0.25, -0.2) is 14.8 Å². The molecule has 0 radical (unpaired) electrons. The van der Waals surface area contributed by atoms with Crippen LogP contribution in [0.3, 0.4) is 0 Å². The van der Waals surface area contributed by atoms with Crippen LogP contribution in [0.5, 0.6) is 0 Å². The summed E-state index contributed by atoms with van der Waals surface area (Å²) in [5.74, 6) is 0.737. The van der Waals surface area contributed by atoms with E-state index in [-0.39, 0.29) is 35.6 Å². The van der Waals surface area contributed by atoms with Gasteiger partial charge in [-0.2, -0.15) is 9.78 Å². The fourth-order valence-corrected chi connectivity index (χ4v) is 3.85. The summed E-state index contributed by atoms with van der Waals surface area (Å²) in [6.45, 7) is 7.55. The molecule has 2 N–H and O–H groups in total. The van der Waals surface area contributed by atoms with Crippen molar-refractivity contribution >= 4 is 17.7 Å². The van der Waals surface area contributed by atoms with Crippen LogP contribution >= 0.6 is 0 Å². The van der Waals surface area contributed by atoms with E-state index in [9.17, 15) is 14.7 Å². The normalized spacial score (nSPS) is 21.4. The van der Waals surface area contributed by atoms with Crippen LogP contribution in [0, 0.1) is 11.8 Å². The number of hydrogen-bond acceptors (Lipinski definition) is 8. The lowest BCUT2D eigenvalue weighted by molar-refractivity contribution is 0.0514. The Bertz CT molecular complexity index is 893. The summed E-state index contributed by atoms with van der Waals surface area (Å²) >= 11 is 0. The molecular weight excluding hydrogens is 386 g/mol. The number of carbonyl (C=O) groups excluding carboxylic acids is 2. The van der Waals surface area contributed by atoms with Gasteiger partial charge in [0.2, 0.25) is 5.78 Å². The van der Waals surface area contributed by atoms with E-state index in [1.807, 2.05) is 0 Å². The zero-order valence-electron chi connectivity index (χ0n) is 17.8. The number of nitrogens with one attached hydrogen (secondary N) is 1. The lowest BCUT2D eigenvalue weighted by Crippen LogP contribution is -2.27. The van der Waals surface area contributed by atoms with Crippen molar-refractivity contribution in [1.82, 2.24) is 19.7 Å². The van der Waals surface area contributed by atoms with Gasteiger partial charge in [-0.1, -0.05) is 13.3 Å². The van der Waals surface area contributed by atoms with Crippen LogP contribution < -0.4 is 5.32 Å². The van der Waals surface area contributed by atoms with Crippen molar-refractivity contribution in [3.63, 3.8) is 0 Å². The van der Waals surface area contributed by atoms with Crippen molar-refractivity contribution in [3.05, 3.63) is 36.0 Å². The third-order valence-corrected chi connectivity index (χ3v) is 5.30. The number of rotatable bonds is 6. The van der Waals surface area contributed by atoms with E-state index in [2.05, 4.69) is 27.3 Å². The molecule has 1 aliphatic rings. The summed E-state index contributed by atoms with van der Waals surface area (Å²) in [6, 6.07) is 1.58. The minimum atomic E-state index is -0.665. The van der Waals surface area contributed by atoms with Crippen LogP contribution in [0.2, 0.25) is 0 Å². The molecule has 2 heterocycles. The minimum Gasteiger partial charge on any atom is -0.442 e. The van der Waals surface area contributed by atoms with Crippen molar-refractivity contribution in [3.8, 4) is 0 Å². The third-order valence-electron chi connectivity index (χ3n) is 5.30. The molecule has 1 fully saturated rings. The second kappa shape index (κ2) is 8.91. The molecule has 0 spiro atoms. The van der Waals surface area contributed by atoms with Gasteiger partial charge in [0, 0.05) is 25.0 Å². The number of aliphatic hydroxyl groups excluding tert-OH is 1. The predicted octanol–water partition coefficient (Wildman–Crippen LogP) is 2.90. The molecule has 0 aromatic carbocycles. The Hall–Kier alpha value is -2.81.